The van der Waals surface area contributed by atoms with Crippen molar-refractivity contribution in [3.05, 3.63) is 101 Å². The first-order chi connectivity index (χ1) is 19.5. The third-order valence-corrected chi connectivity index (χ3v) is 7.46. The first-order valence-electron chi connectivity index (χ1n) is 13.3. The van der Waals surface area contributed by atoms with Crippen molar-refractivity contribution >= 4 is 41.6 Å². The molecule has 1 N–H and O–H groups in total. The number of rotatable bonds is 7. The van der Waals surface area contributed by atoms with Crippen LogP contribution in [0.25, 0.3) is 10.9 Å². The minimum absolute atomic E-state index is 0. The van der Waals surface area contributed by atoms with Crippen LogP contribution in [0.1, 0.15) is 39.0 Å². The molecule has 1 amide bonds. The quantitative estimate of drug-likeness (QED) is 0.212. The molecule has 43 heavy (non-hydrogen) atoms. The minimum atomic E-state index is -5.04. The SMILES string of the molecule is Cl.Cl.O=C(c1cc(C(F)(F)F)cc(C(F)(F)F)c1)N1CCN(CCCc2cccnc2)C[C@H]1Cc1c[nH]c2ccccc12. The number of benzene rings is 2. The Balaban J connectivity index is 0.00000253. The van der Waals surface area contributed by atoms with Gasteiger partial charge in [-0.3, -0.25) is 14.7 Å². The summed E-state index contributed by atoms with van der Waals surface area (Å²) in [4.78, 5) is 24.6. The van der Waals surface area contributed by atoms with Gasteiger partial charge in [0.2, 0.25) is 0 Å². The average molecular weight is 647 g/mol. The fraction of sp³-hybridized carbons (Fsp3) is 0.333. The number of carbonyl (C=O) groups is 1. The van der Waals surface area contributed by atoms with E-state index in [1.165, 1.54) is 4.90 Å². The Morgan fingerprint density at radius 1 is 0.930 bits per heavy atom. The molecule has 2 aromatic heterocycles. The number of amides is 1. The largest absolute Gasteiger partial charge is 0.416 e. The summed E-state index contributed by atoms with van der Waals surface area (Å²) in [5.41, 5.74) is -0.712. The maximum atomic E-state index is 13.6. The molecule has 1 aliphatic rings. The highest BCUT2D eigenvalue weighted by Crippen LogP contribution is 2.37. The molecule has 3 heterocycles. The molecule has 0 saturated carbocycles. The van der Waals surface area contributed by atoms with Crippen LogP contribution in [0, 0.1) is 0 Å². The molecule has 1 fully saturated rings. The maximum absolute atomic E-state index is 13.6. The van der Waals surface area contributed by atoms with Crippen molar-refractivity contribution in [2.45, 2.75) is 37.7 Å². The highest BCUT2D eigenvalue weighted by Gasteiger charge is 2.39. The van der Waals surface area contributed by atoms with Gasteiger partial charge in [-0.2, -0.15) is 26.3 Å². The second-order valence-electron chi connectivity index (χ2n) is 10.3. The molecule has 4 aromatic rings. The molecule has 0 aliphatic carbocycles. The summed E-state index contributed by atoms with van der Waals surface area (Å²) < 4.78 is 81.0. The average Bonchev–Trinajstić information content (AvgIpc) is 3.35. The lowest BCUT2D eigenvalue weighted by Gasteiger charge is -2.42. The zero-order valence-electron chi connectivity index (χ0n) is 22.8. The number of carbonyl (C=O) groups excluding carboxylic acids is 1. The van der Waals surface area contributed by atoms with Gasteiger partial charge in [-0.1, -0.05) is 24.3 Å². The van der Waals surface area contributed by atoms with Crippen LogP contribution in [0.2, 0.25) is 0 Å². The van der Waals surface area contributed by atoms with E-state index in [4.69, 9.17) is 0 Å². The van der Waals surface area contributed by atoms with Crippen molar-refractivity contribution in [1.82, 2.24) is 19.8 Å². The number of aryl methyl sites for hydroxylation is 1. The van der Waals surface area contributed by atoms with E-state index in [0.29, 0.717) is 31.6 Å². The molecule has 1 atom stereocenters. The van der Waals surface area contributed by atoms with Gasteiger partial charge >= 0.3 is 12.4 Å². The number of hydrogen-bond donors (Lipinski definition) is 1. The molecule has 0 unspecified atom stereocenters. The second-order valence-corrected chi connectivity index (χ2v) is 10.3. The van der Waals surface area contributed by atoms with Crippen molar-refractivity contribution in [2.24, 2.45) is 0 Å². The number of H-pyrrole nitrogens is 1. The summed E-state index contributed by atoms with van der Waals surface area (Å²) in [5, 5.41) is 0.951. The Hall–Kier alpha value is -3.28. The predicted octanol–water partition coefficient (Wildman–Crippen LogP) is 7.45. The minimum Gasteiger partial charge on any atom is -0.361 e. The van der Waals surface area contributed by atoms with Gasteiger partial charge < -0.3 is 9.88 Å². The summed E-state index contributed by atoms with van der Waals surface area (Å²) in [6.07, 6.45) is -2.69. The number of nitrogens with one attached hydrogen (secondary N) is 1. The topological polar surface area (TPSA) is 52.2 Å². The van der Waals surface area contributed by atoms with Gasteiger partial charge in [-0.25, -0.2) is 0 Å². The highest BCUT2D eigenvalue weighted by atomic mass is 35.5. The molecular formula is C30H30Cl2F6N4O. The fourth-order valence-corrected chi connectivity index (χ4v) is 5.42. The number of hydrogen-bond acceptors (Lipinski definition) is 3. The van der Waals surface area contributed by atoms with Crippen molar-refractivity contribution in [3.63, 3.8) is 0 Å². The van der Waals surface area contributed by atoms with Gasteiger partial charge in [0.25, 0.3) is 5.91 Å². The van der Waals surface area contributed by atoms with Crippen LogP contribution in [0.4, 0.5) is 26.3 Å². The predicted molar refractivity (Wildman–Crippen MR) is 157 cm³/mol. The zero-order valence-corrected chi connectivity index (χ0v) is 24.4. The zero-order chi connectivity index (χ0) is 29.2. The van der Waals surface area contributed by atoms with Crippen LogP contribution in [0.5, 0.6) is 0 Å². The van der Waals surface area contributed by atoms with Crippen molar-refractivity contribution in [1.29, 1.82) is 0 Å². The van der Waals surface area contributed by atoms with Gasteiger partial charge in [-0.15, -0.1) is 24.8 Å². The summed E-state index contributed by atoms with van der Waals surface area (Å²) in [6.45, 7) is 1.79. The van der Waals surface area contributed by atoms with Crippen LogP contribution in [0.3, 0.4) is 0 Å². The van der Waals surface area contributed by atoms with E-state index in [0.717, 1.165) is 41.4 Å². The standard InChI is InChI=1S/C30H28F6N4O.2ClH/c31-29(32,33)23-13-21(14-24(16-23)30(34,35)36)28(41)40-12-11-39(10-4-6-20-5-3-9-37-17-20)19-25(40)15-22-18-38-27-8-2-1-7-26(22)27;;/h1-3,5,7-9,13-14,16-18,25,38H,4,6,10-12,15,19H2;2*1H/t25-;;/m1../s1. The van der Waals surface area contributed by atoms with Crippen LogP contribution in [-0.4, -0.2) is 57.9 Å². The molecule has 13 heteroatoms. The Bertz CT molecular complexity index is 1480. The first-order valence-corrected chi connectivity index (χ1v) is 13.3. The summed E-state index contributed by atoms with van der Waals surface area (Å²) in [5.74, 6) is -0.846. The number of aromatic amines is 1. The van der Waals surface area contributed by atoms with E-state index in [1.807, 2.05) is 42.6 Å². The number of fused-ring (bicyclic) bond motifs is 1. The van der Waals surface area contributed by atoms with E-state index >= 15 is 0 Å². The fourth-order valence-electron chi connectivity index (χ4n) is 5.42. The molecule has 5 nitrogen and oxygen atoms in total. The molecule has 1 saturated heterocycles. The normalized spacial score (nSPS) is 16.0. The number of para-hydroxylation sites is 1. The van der Waals surface area contributed by atoms with Crippen molar-refractivity contribution < 1.29 is 31.1 Å². The Morgan fingerprint density at radius 2 is 1.63 bits per heavy atom. The van der Waals surface area contributed by atoms with Gasteiger partial charge in [0.1, 0.15) is 0 Å². The van der Waals surface area contributed by atoms with Crippen LogP contribution < -0.4 is 0 Å². The van der Waals surface area contributed by atoms with Crippen LogP contribution in [-0.2, 0) is 25.2 Å². The lowest BCUT2D eigenvalue weighted by atomic mass is 9.98. The number of aromatic nitrogens is 2. The van der Waals surface area contributed by atoms with Gasteiger partial charge in [0, 0.05) is 60.7 Å². The van der Waals surface area contributed by atoms with Crippen LogP contribution in [0.15, 0.2) is 73.2 Å². The summed E-state index contributed by atoms with van der Waals surface area (Å²) >= 11 is 0. The molecule has 0 bridgehead atoms. The third-order valence-electron chi connectivity index (χ3n) is 7.46. The summed E-state index contributed by atoms with van der Waals surface area (Å²) in [7, 11) is 0. The third kappa shape index (κ3) is 8.21. The number of pyridine rings is 1. The number of halogens is 8. The lowest BCUT2D eigenvalue weighted by Crippen LogP contribution is -2.56. The van der Waals surface area contributed by atoms with E-state index < -0.39 is 41.0 Å². The number of piperazine rings is 1. The lowest BCUT2D eigenvalue weighted by molar-refractivity contribution is -0.143. The molecule has 1 aliphatic heterocycles. The Kier molecular flexibility index (Phi) is 11.1. The van der Waals surface area contributed by atoms with Crippen molar-refractivity contribution in [2.75, 3.05) is 26.2 Å². The molecule has 0 radical (unpaired) electrons. The van der Waals surface area contributed by atoms with Crippen molar-refractivity contribution in [3.8, 4) is 0 Å². The highest BCUT2D eigenvalue weighted by molar-refractivity contribution is 5.95. The van der Waals surface area contributed by atoms with E-state index in [-0.39, 0.29) is 37.4 Å². The number of alkyl halides is 6. The molecule has 5 rings (SSSR count). The Morgan fingerprint density at radius 3 is 2.28 bits per heavy atom. The van der Waals surface area contributed by atoms with Crippen LogP contribution >= 0.6 is 24.8 Å². The first kappa shape index (κ1) is 34.2. The monoisotopic (exact) mass is 646 g/mol. The Labute approximate surface area is 257 Å². The smallest absolute Gasteiger partial charge is 0.361 e. The second kappa shape index (κ2) is 14.0. The van der Waals surface area contributed by atoms with E-state index in [1.54, 1.807) is 12.4 Å². The molecule has 232 valence electrons. The molecule has 2 aromatic carbocycles. The molecule has 0 spiro atoms. The number of nitrogens with zero attached hydrogens (tertiary/aromatic N) is 3. The maximum Gasteiger partial charge on any atom is 0.416 e. The van der Waals surface area contributed by atoms with E-state index in [9.17, 15) is 31.1 Å². The van der Waals surface area contributed by atoms with Gasteiger partial charge in [0.05, 0.1) is 11.1 Å². The van der Waals surface area contributed by atoms with Gasteiger partial charge in [0.15, 0.2) is 0 Å². The summed E-state index contributed by atoms with van der Waals surface area (Å²) in [6, 6.07) is 12.1. The van der Waals surface area contributed by atoms with E-state index in [2.05, 4.69) is 14.9 Å². The molecular weight excluding hydrogens is 617 g/mol. The van der Waals surface area contributed by atoms with Gasteiger partial charge in [-0.05, 0) is 67.3 Å².